The van der Waals surface area contributed by atoms with Crippen LogP contribution in [0, 0.1) is 6.92 Å². The molecule has 0 bridgehead atoms. The molecular weight excluding hydrogens is 412 g/mol. The van der Waals surface area contributed by atoms with Gasteiger partial charge in [0.15, 0.2) is 0 Å². The third-order valence-corrected chi connectivity index (χ3v) is 5.45. The first-order chi connectivity index (χ1) is 16.0. The average Bonchev–Trinajstić information content (AvgIpc) is 3.33. The van der Waals surface area contributed by atoms with Crippen molar-refractivity contribution >= 4 is 11.8 Å². The minimum Gasteiger partial charge on any atom is -0.348 e. The fourth-order valence-electron chi connectivity index (χ4n) is 3.66. The monoisotopic (exact) mass is 438 g/mol. The highest BCUT2D eigenvalue weighted by Gasteiger charge is 2.19. The van der Waals surface area contributed by atoms with E-state index in [0.717, 1.165) is 22.3 Å². The quantitative estimate of drug-likeness (QED) is 0.443. The summed E-state index contributed by atoms with van der Waals surface area (Å²) in [6.45, 7) is 2.90. The van der Waals surface area contributed by atoms with Gasteiger partial charge in [-0.2, -0.15) is 5.10 Å². The smallest absolute Gasteiger partial charge is 0.257 e. The Balaban J connectivity index is 1.42. The minimum absolute atomic E-state index is 0.0999. The van der Waals surface area contributed by atoms with E-state index in [9.17, 15) is 9.59 Å². The van der Waals surface area contributed by atoms with Gasteiger partial charge >= 0.3 is 0 Å². The summed E-state index contributed by atoms with van der Waals surface area (Å²) in [5, 5.41) is 10.00. The van der Waals surface area contributed by atoms with Crippen molar-refractivity contribution in [2.75, 3.05) is 7.05 Å². The van der Waals surface area contributed by atoms with E-state index < -0.39 is 0 Å². The van der Waals surface area contributed by atoms with Gasteiger partial charge in [-0.05, 0) is 30.2 Å². The summed E-state index contributed by atoms with van der Waals surface area (Å²) >= 11 is 0. The number of benzene rings is 3. The number of carbonyl (C=O) groups excluding carboxylic acids is 2. The van der Waals surface area contributed by atoms with Gasteiger partial charge in [0.1, 0.15) is 0 Å². The topological polar surface area (TPSA) is 78.1 Å². The molecule has 6 heteroatoms. The molecular formula is C27H26N4O2. The van der Waals surface area contributed by atoms with E-state index in [0.29, 0.717) is 29.9 Å². The number of aromatic nitrogens is 2. The number of nitrogens with zero attached hydrogens (tertiary/aromatic N) is 2. The number of hydrogen-bond donors (Lipinski definition) is 2. The molecule has 4 aromatic rings. The lowest BCUT2D eigenvalue weighted by molar-refractivity contribution is 0.0785. The van der Waals surface area contributed by atoms with E-state index in [-0.39, 0.29) is 11.8 Å². The molecule has 0 aliphatic carbocycles. The summed E-state index contributed by atoms with van der Waals surface area (Å²) in [4.78, 5) is 27.1. The van der Waals surface area contributed by atoms with Gasteiger partial charge in [0.25, 0.3) is 11.8 Å². The maximum absolute atomic E-state index is 13.0. The summed E-state index contributed by atoms with van der Waals surface area (Å²) in [5.41, 5.74) is 5.78. The Morgan fingerprint density at radius 3 is 2.42 bits per heavy atom. The Kier molecular flexibility index (Phi) is 6.64. The van der Waals surface area contributed by atoms with Crippen LogP contribution in [0.2, 0.25) is 0 Å². The van der Waals surface area contributed by atoms with Crippen molar-refractivity contribution in [2.45, 2.75) is 20.0 Å². The first-order valence-corrected chi connectivity index (χ1v) is 10.8. The molecule has 0 saturated heterocycles. The fraction of sp³-hybridized carbons (Fsp3) is 0.148. The molecule has 1 heterocycles. The second-order valence-electron chi connectivity index (χ2n) is 8.05. The number of hydrogen-bond acceptors (Lipinski definition) is 3. The van der Waals surface area contributed by atoms with Gasteiger partial charge in [-0.15, -0.1) is 0 Å². The predicted octanol–water partition coefficient (Wildman–Crippen LogP) is 4.59. The van der Waals surface area contributed by atoms with Crippen LogP contribution < -0.4 is 5.32 Å². The number of rotatable bonds is 7. The van der Waals surface area contributed by atoms with E-state index >= 15 is 0 Å². The van der Waals surface area contributed by atoms with E-state index in [1.165, 1.54) is 0 Å². The van der Waals surface area contributed by atoms with Crippen LogP contribution in [0.5, 0.6) is 0 Å². The molecule has 0 saturated carbocycles. The van der Waals surface area contributed by atoms with Crippen LogP contribution in [-0.4, -0.2) is 34.0 Å². The SMILES string of the molecule is Cc1cccc(C(=O)NCc2ccc(-c3[nH]ncc3C(=O)N(C)Cc3ccccc3)cc2)c1. The molecule has 6 nitrogen and oxygen atoms in total. The van der Waals surface area contributed by atoms with Crippen LogP contribution in [-0.2, 0) is 13.1 Å². The molecule has 0 aliphatic heterocycles. The van der Waals surface area contributed by atoms with Crippen molar-refractivity contribution in [3.05, 3.63) is 113 Å². The van der Waals surface area contributed by atoms with Gasteiger partial charge in [0, 0.05) is 31.3 Å². The summed E-state index contributed by atoms with van der Waals surface area (Å²) in [6, 6.07) is 25.1. The number of nitrogens with one attached hydrogen (secondary N) is 2. The van der Waals surface area contributed by atoms with Gasteiger partial charge in [0.05, 0.1) is 17.5 Å². The molecule has 3 aromatic carbocycles. The maximum atomic E-state index is 13.0. The predicted molar refractivity (Wildman–Crippen MR) is 129 cm³/mol. The van der Waals surface area contributed by atoms with Gasteiger partial charge in [-0.25, -0.2) is 0 Å². The van der Waals surface area contributed by atoms with Crippen molar-refractivity contribution in [1.29, 1.82) is 0 Å². The van der Waals surface area contributed by atoms with Crippen molar-refractivity contribution < 1.29 is 9.59 Å². The Bertz CT molecular complexity index is 1250. The third kappa shape index (κ3) is 5.36. The summed E-state index contributed by atoms with van der Waals surface area (Å²) in [7, 11) is 1.78. The molecule has 0 unspecified atom stereocenters. The molecule has 0 spiro atoms. The molecule has 1 aromatic heterocycles. The Hall–Kier alpha value is -4.19. The summed E-state index contributed by atoms with van der Waals surface area (Å²) < 4.78 is 0. The van der Waals surface area contributed by atoms with Crippen LogP contribution >= 0.6 is 0 Å². The molecule has 4 rings (SSSR count). The normalized spacial score (nSPS) is 10.6. The Morgan fingerprint density at radius 2 is 1.70 bits per heavy atom. The van der Waals surface area contributed by atoms with Crippen molar-refractivity contribution in [3.8, 4) is 11.3 Å². The zero-order valence-corrected chi connectivity index (χ0v) is 18.7. The number of amides is 2. The van der Waals surface area contributed by atoms with E-state index in [4.69, 9.17) is 0 Å². The number of aromatic amines is 1. The van der Waals surface area contributed by atoms with E-state index in [2.05, 4.69) is 15.5 Å². The van der Waals surface area contributed by atoms with Crippen molar-refractivity contribution in [3.63, 3.8) is 0 Å². The standard InChI is InChI=1S/C27H26N4O2/c1-19-7-6-10-23(15-19)26(32)28-16-20-11-13-22(14-12-20)25-24(17-29-30-25)27(33)31(2)18-21-8-4-3-5-9-21/h3-15,17H,16,18H2,1-2H3,(H,28,32)(H,29,30). The molecule has 2 N–H and O–H groups in total. The lowest BCUT2D eigenvalue weighted by atomic mass is 10.0. The number of carbonyl (C=O) groups is 2. The highest BCUT2D eigenvalue weighted by molar-refractivity contribution is 5.99. The molecule has 0 radical (unpaired) electrons. The zero-order valence-electron chi connectivity index (χ0n) is 18.7. The lowest BCUT2D eigenvalue weighted by Crippen LogP contribution is -2.26. The van der Waals surface area contributed by atoms with Gasteiger partial charge in [-0.1, -0.05) is 72.3 Å². The fourth-order valence-corrected chi connectivity index (χ4v) is 3.66. The molecule has 0 aliphatic rings. The largest absolute Gasteiger partial charge is 0.348 e. The second kappa shape index (κ2) is 9.96. The van der Waals surface area contributed by atoms with Crippen molar-refractivity contribution in [2.24, 2.45) is 0 Å². The van der Waals surface area contributed by atoms with Crippen LogP contribution in [0.3, 0.4) is 0 Å². The van der Waals surface area contributed by atoms with Crippen LogP contribution in [0.25, 0.3) is 11.3 Å². The Morgan fingerprint density at radius 1 is 0.939 bits per heavy atom. The summed E-state index contributed by atoms with van der Waals surface area (Å²) in [6.07, 6.45) is 1.56. The Labute approximate surface area is 193 Å². The molecule has 2 amide bonds. The molecule has 0 fully saturated rings. The molecule has 0 atom stereocenters. The maximum Gasteiger partial charge on any atom is 0.257 e. The number of H-pyrrole nitrogens is 1. The molecule has 166 valence electrons. The minimum atomic E-state index is -0.106. The number of aryl methyl sites for hydroxylation is 1. The highest BCUT2D eigenvalue weighted by atomic mass is 16.2. The third-order valence-electron chi connectivity index (χ3n) is 5.45. The molecule has 33 heavy (non-hydrogen) atoms. The van der Waals surface area contributed by atoms with Gasteiger partial charge in [-0.3, -0.25) is 14.7 Å². The van der Waals surface area contributed by atoms with Crippen LogP contribution in [0.15, 0.2) is 85.1 Å². The van der Waals surface area contributed by atoms with Gasteiger partial charge in [0.2, 0.25) is 0 Å². The van der Waals surface area contributed by atoms with Crippen LogP contribution in [0.4, 0.5) is 0 Å². The lowest BCUT2D eigenvalue weighted by Gasteiger charge is -2.17. The van der Waals surface area contributed by atoms with Gasteiger partial charge < -0.3 is 10.2 Å². The van der Waals surface area contributed by atoms with E-state index in [1.807, 2.05) is 79.7 Å². The second-order valence-corrected chi connectivity index (χ2v) is 8.05. The van der Waals surface area contributed by atoms with E-state index in [1.54, 1.807) is 24.2 Å². The van der Waals surface area contributed by atoms with Crippen LogP contribution in [0.1, 0.15) is 37.4 Å². The zero-order chi connectivity index (χ0) is 23.2. The van der Waals surface area contributed by atoms with Crippen molar-refractivity contribution in [1.82, 2.24) is 20.4 Å². The average molecular weight is 439 g/mol. The summed E-state index contributed by atoms with van der Waals surface area (Å²) in [5.74, 6) is -0.206. The first kappa shape index (κ1) is 22.0. The highest BCUT2D eigenvalue weighted by Crippen LogP contribution is 2.23. The first-order valence-electron chi connectivity index (χ1n) is 10.8.